The van der Waals surface area contributed by atoms with Crippen molar-refractivity contribution >= 4 is 57.8 Å². The standard InChI is InChI=1S/C22H24Cl2N6O2/c1-2-16-20(24)15(11-25)21(28-16)26-12-29-5-7-30(8-6-29)19-10-18(22(31)32)27-17-4-3-13(23)9-14(17)19/h3-4,9-11,25-26,28H,2,5-8,12H2,1H3,(H,31,32). The van der Waals surface area contributed by atoms with E-state index in [1.165, 1.54) is 6.21 Å². The molecule has 10 heteroatoms. The fraction of sp³-hybridized carbons (Fsp3) is 0.318. The van der Waals surface area contributed by atoms with Gasteiger partial charge in [0.05, 0.1) is 22.8 Å². The molecular formula is C22H24Cl2N6O2. The summed E-state index contributed by atoms with van der Waals surface area (Å²) >= 11 is 12.5. The molecule has 0 unspecified atom stereocenters. The Bertz CT molecular complexity index is 1170. The highest BCUT2D eigenvalue weighted by atomic mass is 35.5. The zero-order chi connectivity index (χ0) is 22.8. The monoisotopic (exact) mass is 474 g/mol. The second-order valence-electron chi connectivity index (χ2n) is 7.64. The maximum Gasteiger partial charge on any atom is 0.354 e. The molecule has 32 heavy (non-hydrogen) atoms. The summed E-state index contributed by atoms with van der Waals surface area (Å²) in [7, 11) is 0. The summed E-state index contributed by atoms with van der Waals surface area (Å²) in [6.07, 6.45) is 2.03. The average molecular weight is 475 g/mol. The number of pyridine rings is 1. The van der Waals surface area contributed by atoms with Crippen LogP contribution in [0.25, 0.3) is 10.9 Å². The van der Waals surface area contributed by atoms with Gasteiger partial charge in [-0.3, -0.25) is 4.90 Å². The van der Waals surface area contributed by atoms with Crippen LogP contribution in [0.4, 0.5) is 11.5 Å². The van der Waals surface area contributed by atoms with Gasteiger partial charge in [-0.1, -0.05) is 30.1 Å². The molecule has 2 aromatic heterocycles. The summed E-state index contributed by atoms with van der Waals surface area (Å²) in [6.45, 7) is 5.66. The van der Waals surface area contributed by atoms with Crippen molar-refractivity contribution in [3.8, 4) is 0 Å². The van der Waals surface area contributed by atoms with Gasteiger partial charge < -0.3 is 25.7 Å². The number of piperazine rings is 1. The van der Waals surface area contributed by atoms with E-state index < -0.39 is 5.97 Å². The lowest BCUT2D eigenvalue weighted by Gasteiger charge is -2.36. The van der Waals surface area contributed by atoms with E-state index in [1.54, 1.807) is 18.2 Å². The van der Waals surface area contributed by atoms with Gasteiger partial charge in [-0.05, 0) is 30.7 Å². The van der Waals surface area contributed by atoms with Gasteiger partial charge >= 0.3 is 5.97 Å². The number of fused-ring (bicyclic) bond motifs is 1. The second kappa shape index (κ2) is 9.36. The molecule has 0 amide bonds. The molecule has 1 fully saturated rings. The first-order chi connectivity index (χ1) is 15.4. The maximum atomic E-state index is 11.6. The minimum Gasteiger partial charge on any atom is -0.477 e. The van der Waals surface area contributed by atoms with Gasteiger partial charge in [0.15, 0.2) is 5.69 Å². The Kier molecular flexibility index (Phi) is 6.55. The zero-order valence-electron chi connectivity index (χ0n) is 17.6. The number of carbonyl (C=O) groups is 1. The number of benzene rings is 1. The minimum absolute atomic E-state index is 0.0217. The summed E-state index contributed by atoms with van der Waals surface area (Å²) in [5, 5.41) is 22.5. The number of anilines is 2. The van der Waals surface area contributed by atoms with E-state index in [9.17, 15) is 9.90 Å². The number of aromatic amines is 1. The van der Waals surface area contributed by atoms with Crippen molar-refractivity contribution < 1.29 is 9.90 Å². The normalized spacial score (nSPS) is 14.7. The van der Waals surface area contributed by atoms with Gasteiger partial charge in [-0.25, -0.2) is 9.78 Å². The smallest absolute Gasteiger partial charge is 0.354 e. The molecule has 1 saturated heterocycles. The molecule has 4 N–H and O–H groups in total. The van der Waals surface area contributed by atoms with Crippen molar-refractivity contribution in [2.45, 2.75) is 13.3 Å². The summed E-state index contributed by atoms with van der Waals surface area (Å²) in [5.74, 6) is -0.297. The molecule has 1 aliphatic rings. The molecule has 0 saturated carbocycles. The lowest BCUT2D eigenvalue weighted by molar-refractivity contribution is 0.0691. The van der Waals surface area contributed by atoms with E-state index >= 15 is 0 Å². The number of H-pyrrole nitrogens is 1. The first-order valence-corrected chi connectivity index (χ1v) is 11.1. The van der Waals surface area contributed by atoms with E-state index in [0.717, 1.165) is 55.2 Å². The van der Waals surface area contributed by atoms with Gasteiger partial charge in [0, 0.05) is 54.2 Å². The lowest BCUT2D eigenvalue weighted by atomic mass is 10.1. The van der Waals surface area contributed by atoms with E-state index in [0.29, 0.717) is 27.8 Å². The van der Waals surface area contributed by atoms with E-state index in [-0.39, 0.29) is 5.69 Å². The predicted molar refractivity (Wildman–Crippen MR) is 129 cm³/mol. The highest BCUT2D eigenvalue weighted by molar-refractivity contribution is 6.34. The molecular weight excluding hydrogens is 451 g/mol. The van der Waals surface area contributed by atoms with Crippen LogP contribution in [-0.2, 0) is 6.42 Å². The fourth-order valence-corrected chi connectivity index (χ4v) is 4.46. The number of aromatic carboxylic acids is 1. The van der Waals surface area contributed by atoms with Crippen molar-refractivity contribution in [3.05, 3.63) is 51.3 Å². The average Bonchev–Trinajstić information content (AvgIpc) is 3.11. The third-order valence-electron chi connectivity index (χ3n) is 5.70. The minimum atomic E-state index is -1.05. The van der Waals surface area contributed by atoms with E-state index in [1.807, 2.05) is 13.0 Å². The number of hydrogen-bond donors (Lipinski definition) is 4. The number of nitrogens with zero attached hydrogens (tertiary/aromatic N) is 3. The van der Waals surface area contributed by atoms with Crippen LogP contribution in [0.3, 0.4) is 0 Å². The molecule has 4 rings (SSSR count). The molecule has 3 aromatic rings. The molecule has 168 valence electrons. The first kappa shape index (κ1) is 22.4. The Morgan fingerprint density at radius 2 is 2.03 bits per heavy atom. The van der Waals surface area contributed by atoms with Gasteiger partial charge in [0.1, 0.15) is 5.82 Å². The highest BCUT2D eigenvalue weighted by Crippen LogP contribution is 2.31. The molecule has 0 bridgehead atoms. The van der Waals surface area contributed by atoms with Crippen LogP contribution < -0.4 is 10.2 Å². The summed E-state index contributed by atoms with van der Waals surface area (Å²) in [6, 6.07) is 6.92. The Balaban J connectivity index is 1.47. The van der Waals surface area contributed by atoms with Crippen LogP contribution >= 0.6 is 23.2 Å². The molecule has 8 nitrogen and oxygen atoms in total. The molecule has 1 aromatic carbocycles. The zero-order valence-corrected chi connectivity index (χ0v) is 19.1. The number of halogens is 2. The van der Waals surface area contributed by atoms with E-state index in [4.69, 9.17) is 28.6 Å². The van der Waals surface area contributed by atoms with Gasteiger partial charge in [-0.2, -0.15) is 0 Å². The third kappa shape index (κ3) is 4.39. The van der Waals surface area contributed by atoms with Crippen LogP contribution in [0.2, 0.25) is 10.0 Å². The predicted octanol–water partition coefficient (Wildman–Crippen LogP) is 4.32. The number of carboxylic acids is 1. The van der Waals surface area contributed by atoms with Crippen molar-refractivity contribution in [1.29, 1.82) is 5.41 Å². The van der Waals surface area contributed by atoms with Crippen molar-refractivity contribution in [1.82, 2.24) is 14.9 Å². The third-order valence-corrected chi connectivity index (χ3v) is 6.37. The second-order valence-corrected chi connectivity index (χ2v) is 8.45. The van der Waals surface area contributed by atoms with Crippen LogP contribution in [0.1, 0.15) is 28.7 Å². The Morgan fingerprint density at radius 3 is 2.69 bits per heavy atom. The molecule has 3 heterocycles. The molecule has 0 spiro atoms. The van der Waals surface area contributed by atoms with Crippen LogP contribution in [0.15, 0.2) is 24.3 Å². The van der Waals surface area contributed by atoms with Gasteiger partial charge in [-0.15, -0.1) is 0 Å². The summed E-state index contributed by atoms with van der Waals surface area (Å²) < 4.78 is 0. The van der Waals surface area contributed by atoms with Crippen LogP contribution in [0.5, 0.6) is 0 Å². The quantitative estimate of drug-likeness (QED) is 0.379. The fourth-order valence-electron chi connectivity index (χ4n) is 3.95. The highest BCUT2D eigenvalue weighted by Gasteiger charge is 2.22. The number of aromatic nitrogens is 2. The topological polar surface area (TPSA) is 108 Å². The SMILES string of the molecule is CCc1[nH]c(NCN2CCN(c3cc(C(=O)O)nc4ccc(Cl)cc34)CC2)c(C=N)c1Cl. The lowest BCUT2D eigenvalue weighted by Crippen LogP contribution is -2.48. The van der Waals surface area contributed by atoms with Crippen molar-refractivity contribution in [3.63, 3.8) is 0 Å². The van der Waals surface area contributed by atoms with Gasteiger partial charge in [0.25, 0.3) is 0 Å². The van der Waals surface area contributed by atoms with Crippen LogP contribution in [-0.4, -0.2) is 65.0 Å². The summed E-state index contributed by atoms with van der Waals surface area (Å²) in [4.78, 5) is 23.5. The number of carboxylic acid groups (broad SMARTS) is 1. The molecule has 1 aliphatic heterocycles. The van der Waals surface area contributed by atoms with Crippen LogP contribution in [0, 0.1) is 5.41 Å². The summed E-state index contributed by atoms with van der Waals surface area (Å²) in [5.41, 5.74) is 3.05. The Labute approximate surface area is 195 Å². The van der Waals surface area contributed by atoms with Crippen molar-refractivity contribution in [2.75, 3.05) is 43.1 Å². The Hall–Kier alpha value is -2.81. The number of nitrogens with one attached hydrogen (secondary N) is 3. The van der Waals surface area contributed by atoms with Crippen molar-refractivity contribution in [2.24, 2.45) is 0 Å². The van der Waals surface area contributed by atoms with Gasteiger partial charge in [0.2, 0.25) is 0 Å². The largest absolute Gasteiger partial charge is 0.477 e. The maximum absolute atomic E-state index is 11.6. The number of aryl methyl sites for hydroxylation is 1. The molecule has 0 radical (unpaired) electrons. The van der Waals surface area contributed by atoms with E-state index in [2.05, 4.69) is 25.1 Å². The number of rotatable bonds is 7. The number of hydrogen-bond acceptors (Lipinski definition) is 6. The molecule has 0 atom stereocenters. The first-order valence-electron chi connectivity index (χ1n) is 10.4. The molecule has 0 aliphatic carbocycles. The Morgan fingerprint density at radius 1 is 1.28 bits per heavy atom.